The van der Waals surface area contributed by atoms with Crippen molar-refractivity contribution in [3.05, 3.63) is 418 Å². The highest BCUT2D eigenvalue weighted by Gasteiger charge is 2.30. The molecule has 17 rings (SSSR count). The number of benzene rings is 13. The van der Waals surface area contributed by atoms with Crippen molar-refractivity contribution in [2.75, 3.05) is 0 Å². The predicted molar refractivity (Wildman–Crippen MR) is 432 cm³/mol. The molecular weight excluding hydrogens is 1310 g/mol. The van der Waals surface area contributed by atoms with Gasteiger partial charge in [-0.3, -0.25) is 0 Å². The summed E-state index contributed by atoms with van der Waals surface area (Å²) in [5.74, 6) is 2.24. The summed E-state index contributed by atoms with van der Waals surface area (Å²) in [6.45, 7) is 0. The van der Waals surface area contributed by atoms with Crippen molar-refractivity contribution >= 4 is 34.2 Å². The van der Waals surface area contributed by atoms with Gasteiger partial charge in [0.1, 0.15) is 0 Å². The summed E-state index contributed by atoms with van der Waals surface area (Å²) in [7, 11) is -3.29. The van der Waals surface area contributed by atoms with Gasteiger partial charge in [-0.1, -0.05) is 285 Å². The molecule has 0 saturated heterocycles. The van der Waals surface area contributed by atoms with E-state index in [4.69, 9.17) is 39.9 Å². The molecule has 0 radical (unpaired) electrons. The molecule has 0 spiro atoms. The van der Waals surface area contributed by atoms with Crippen LogP contribution in [-0.2, 0) is 4.57 Å². The Balaban J connectivity index is 0.681. The van der Waals surface area contributed by atoms with E-state index in [1.165, 1.54) is 0 Å². The summed E-state index contributed by atoms with van der Waals surface area (Å²) < 4.78 is 15.7. The number of nitrogens with zero attached hydrogens (tertiary/aromatic N) is 8. The van der Waals surface area contributed by atoms with E-state index in [1.54, 1.807) is 0 Å². The smallest absolute Gasteiger partial charge is 0.171 e. The van der Waals surface area contributed by atoms with E-state index >= 15 is 4.57 Å². The first kappa shape index (κ1) is 65.5. The third kappa shape index (κ3) is 13.8. The van der Waals surface area contributed by atoms with Gasteiger partial charge >= 0.3 is 0 Å². The van der Waals surface area contributed by atoms with E-state index in [0.29, 0.717) is 23.3 Å². The quantitative estimate of drug-likeness (QED) is 0.0611. The molecule has 0 aliphatic rings. The second-order valence-corrected chi connectivity index (χ2v) is 28.7. The highest BCUT2D eigenvalue weighted by molar-refractivity contribution is 7.85. The second-order valence-electron chi connectivity index (χ2n) is 25.9. The van der Waals surface area contributed by atoms with Gasteiger partial charge in [0, 0.05) is 110 Å². The predicted octanol–water partition coefficient (Wildman–Crippen LogP) is 21.8. The molecule has 106 heavy (non-hydrogen) atoms. The molecule has 0 aliphatic heterocycles. The van der Waals surface area contributed by atoms with Gasteiger partial charge in [0.15, 0.2) is 30.4 Å². The summed E-state index contributed by atoms with van der Waals surface area (Å²) in [5, 5.41) is 2.25. The van der Waals surface area contributed by atoms with Crippen LogP contribution in [0.5, 0.6) is 0 Å². The van der Waals surface area contributed by atoms with Crippen molar-refractivity contribution in [1.82, 2.24) is 39.9 Å². The summed E-state index contributed by atoms with van der Waals surface area (Å²) in [6, 6.07) is 118. The molecule has 0 unspecified atom stereocenters. The summed E-state index contributed by atoms with van der Waals surface area (Å²) in [5.41, 5.74) is 23.3. The Hall–Kier alpha value is -13.9. The third-order valence-corrected chi connectivity index (χ3v) is 22.2. The van der Waals surface area contributed by atoms with Crippen molar-refractivity contribution in [3.8, 4) is 123 Å². The summed E-state index contributed by atoms with van der Waals surface area (Å²) >= 11 is 0. The van der Waals surface area contributed by atoms with Crippen molar-refractivity contribution in [3.63, 3.8) is 0 Å². The summed E-state index contributed by atoms with van der Waals surface area (Å²) in [6.07, 6.45) is 15.1. The minimum absolute atomic E-state index is 0.532. The standard InChI is InChI=1S/C96H65N8OP/c105-106(88-43-18-6-19-44-88,89-45-20-7-21-46-89)90-47-25-41-76(57-90)79-53-82(94-99-60-85(61-100-94)67-28-10-2-11-29-67)56-83(54-79)96-103-64-87(65-104-96)75-40-23-37-72(49-75)71-36-22-39-74(48-71)86-62-101-95(102-63-86)81-52-78(51-80(55-81)93-97-58-84(59-98-93)66-26-8-1-9-27-66)73-38-24-42-77(50-73)92(70-34-16-5-17-35-70)91(68-30-12-3-13-31-68)69-32-14-4-15-33-69/h1-65H. The van der Waals surface area contributed by atoms with Crippen LogP contribution >= 0.6 is 7.14 Å². The molecule has 0 amide bonds. The van der Waals surface area contributed by atoms with Crippen molar-refractivity contribution in [2.24, 2.45) is 0 Å². The molecule has 4 aromatic heterocycles. The molecular formula is C96H65N8OP. The van der Waals surface area contributed by atoms with Crippen molar-refractivity contribution in [2.45, 2.75) is 0 Å². The van der Waals surface area contributed by atoms with Gasteiger partial charge in [0.25, 0.3) is 0 Å². The fourth-order valence-electron chi connectivity index (χ4n) is 13.8. The van der Waals surface area contributed by atoms with Gasteiger partial charge in [0.2, 0.25) is 0 Å². The summed E-state index contributed by atoms with van der Waals surface area (Å²) in [4.78, 5) is 40.1. The lowest BCUT2D eigenvalue weighted by atomic mass is 9.85. The van der Waals surface area contributed by atoms with E-state index in [1.807, 2.05) is 183 Å². The molecule has 10 heteroatoms. The van der Waals surface area contributed by atoms with Gasteiger partial charge in [0.05, 0.1) is 0 Å². The molecule has 500 valence electrons. The van der Waals surface area contributed by atoms with Gasteiger partial charge < -0.3 is 4.57 Å². The average Bonchev–Trinajstić information content (AvgIpc) is 0.766. The minimum atomic E-state index is -3.29. The number of rotatable bonds is 18. The molecule has 9 nitrogen and oxygen atoms in total. The Morgan fingerprint density at radius 2 is 0.387 bits per heavy atom. The Bertz CT molecular complexity index is 5950. The fraction of sp³-hybridized carbons (Fsp3) is 0. The molecule has 4 heterocycles. The normalized spacial score (nSPS) is 11.2. The SMILES string of the molecule is O=P(c1ccccc1)(c1ccccc1)c1cccc(-c2cc(-c3ncc(-c4ccccc4)cn3)cc(-c3ncc(-c4cccc(-c5cccc(-c6cnc(-c7cc(-c8cccc(C(=C(c9ccccc9)c9ccccc9)c9ccccc9)c8)cc(-c8ncc(-c9ccccc9)cn8)c7)nc6)c5)c4)cn3)c2)c1. The lowest BCUT2D eigenvalue weighted by Gasteiger charge is -2.21. The Kier molecular flexibility index (Phi) is 18.3. The van der Waals surface area contributed by atoms with Crippen LogP contribution < -0.4 is 15.9 Å². The Morgan fingerprint density at radius 1 is 0.170 bits per heavy atom. The van der Waals surface area contributed by atoms with Gasteiger partial charge in [-0.25, -0.2) is 39.9 Å². The highest BCUT2D eigenvalue weighted by atomic mass is 31.2. The molecule has 0 aliphatic carbocycles. The lowest BCUT2D eigenvalue weighted by Crippen LogP contribution is -2.25. The van der Waals surface area contributed by atoms with Crippen LogP contribution in [0.2, 0.25) is 0 Å². The van der Waals surface area contributed by atoms with Crippen LogP contribution in [0.1, 0.15) is 22.3 Å². The first-order valence-electron chi connectivity index (χ1n) is 35.1. The number of hydrogen-bond acceptors (Lipinski definition) is 9. The van der Waals surface area contributed by atoms with E-state index in [2.05, 4.69) is 212 Å². The first-order valence-corrected chi connectivity index (χ1v) is 36.8. The van der Waals surface area contributed by atoms with Crippen LogP contribution in [0.4, 0.5) is 0 Å². The zero-order valence-electron chi connectivity index (χ0n) is 57.5. The zero-order valence-corrected chi connectivity index (χ0v) is 58.4. The van der Waals surface area contributed by atoms with Crippen LogP contribution in [0.25, 0.3) is 135 Å². The van der Waals surface area contributed by atoms with E-state index in [9.17, 15) is 0 Å². The molecule has 0 bridgehead atoms. The fourth-order valence-corrected chi connectivity index (χ4v) is 16.5. The maximum atomic E-state index is 15.7. The number of aromatic nitrogens is 8. The Labute approximate surface area is 615 Å². The maximum absolute atomic E-state index is 15.7. The highest BCUT2D eigenvalue weighted by Crippen LogP contribution is 2.45. The van der Waals surface area contributed by atoms with Crippen LogP contribution in [0.15, 0.2) is 395 Å². The zero-order chi connectivity index (χ0) is 71.0. The van der Waals surface area contributed by atoms with E-state index in [0.717, 1.165) is 149 Å². The molecule has 0 atom stereocenters. The molecule has 0 N–H and O–H groups in total. The average molecular weight is 1380 g/mol. The molecule has 17 aromatic rings. The van der Waals surface area contributed by atoms with E-state index < -0.39 is 7.14 Å². The van der Waals surface area contributed by atoms with Crippen LogP contribution in [0.3, 0.4) is 0 Å². The monoisotopic (exact) mass is 1380 g/mol. The topological polar surface area (TPSA) is 120 Å². The van der Waals surface area contributed by atoms with Crippen molar-refractivity contribution < 1.29 is 4.57 Å². The largest absolute Gasteiger partial charge is 0.309 e. The molecule has 0 saturated carbocycles. The van der Waals surface area contributed by atoms with Gasteiger partial charge in [-0.15, -0.1) is 0 Å². The Morgan fingerprint density at radius 3 is 0.736 bits per heavy atom. The van der Waals surface area contributed by atoms with Crippen LogP contribution in [0, 0.1) is 0 Å². The second kappa shape index (κ2) is 29.6. The van der Waals surface area contributed by atoms with Crippen LogP contribution in [-0.4, -0.2) is 39.9 Å². The maximum Gasteiger partial charge on any atom is 0.171 e. The molecule has 13 aromatic carbocycles. The molecule has 0 fully saturated rings. The lowest BCUT2D eigenvalue weighted by molar-refractivity contribution is 0.592. The van der Waals surface area contributed by atoms with Crippen molar-refractivity contribution in [1.29, 1.82) is 0 Å². The first-order chi connectivity index (χ1) is 52.4. The van der Waals surface area contributed by atoms with E-state index in [-0.39, 0.29) is 0 Å². The minimum Gasteiger partial charge on any atom is -0.309 e. The van der Waals surface area contributed by atoms with Gasteiger partial charge in [-0.2, -0.15) is 0 Å². The number of hydrogen-bond donors (Lipinski definition) is 0. The third-order valence-electron chi connectivity index (χ3n) is 19.2. The van der Waals surface area contributed by atoms with Gasteiger partial charge in [-0.05, 0) is 150 Å².